The van der Waals surface area contributed by atoms with Gasteiger partial charge in [-0.15, -0.1) is 0 Å². The maximum Gasteiger partial charge on any atom is 0.319 e. The first-order valence-corrected chi connectivity index (χ1v) is 10.5. The van der Waals surface area contributed by atoms with Crippen LogP contribution in [0.4, 0.5) is 10.5 Å². The predicted molar refractivity (Wildman–Crippen MR) is 126 cm³/mol. The van der Waals surface area contributed by atoms with Gasteiger partial charge in [-0.3, -0.25) is 9.59 Å². The van der Waals surface area contributed by atoms with E-state index in [2.05, 4.69) is 36.6 Å². The smallest absolute Gasteiger partial charge is 0.319 e. The highest BCUT2D eigenvalue weighted by Crippen LogP contribution is 2.23. The van der Waals surface area contributed by atoms with Crippen molar-refractivity contribution >= 4 is 17.7 Å². The van der Waals surface area contributed by atoms with Crippen molar-refractivity contribution in [2.75, 3.05) is 5.32 Å². The molecule has 8 heteroatoms. The molecular formula is C25H27N3O5. The summed E-state index contributed by atoms with van der Waals surface area (Å²) >= 11 is 0. The van der Waals surface area contributed by atoms with Gasteiger partial charge in [0.25, 0.3) is 5.56 Å². The predicted octanol–water partition coefficient (Wildman–Crippen LogP) is 3.64. The van der Waals surface area contributed by atoms with Crippen LogP contribution in [0.2, 0.25) is 0 Å². The summed E-state index contributed by atoms with van der Waals surface area (Å²) in [4.78, 5) is 36.3. The first kappa shape index (κ1) is 23.6. The van der Waals surface area contributed by atoms with Crippen LogP contribution in [0.15, 0.2) is 59.5 Å². The van der Waals surface area contributed by atoms with Crippen LogP contribution in [0, 0.1) is 13.8 Å². The van der Waals surface area contributed by atoms with E-state index in [1.165, 1.54) is 40.6 Å². The lowest BCUT2D eigenvalue weighted by Gasteiger charge is -2.19. The average Bonchev–Trinajstić information content (AvgIpc) is 2.76. The molecule has 0 bridgehead atoms. The molecule has 0 saturated carbocycles. The van der Waals surface area contributed by atoms with Crippen LogP contribution < -0.4 is 16.2 Å². The van der Waals surface area contributed by atoms with Gasteiger partial charge in [0.2, 0.25) is 0 Å². The highest BCUT2D eigenvalue weighted by atomic mass is 16.4. The normalized spacial score (nSPS) is 11.6. The Morgan fingerprint density at radius 3 is 2.39 bits per heavy atom. The Labute approximate surface area is 191 Å². The van der Waals surface area contributed by atoms with E-state index in [0.717, 1.165) is 5.56 Å². The fourth-order valence-corrected chi connectivity index (χ4v) is 3.72. The highest BCUT2D eigenvalue weighted by Gasteiger charge is 2.20. The number of rotatable bonds is 7. The largest absolute Gasteiger partial charge is 0.505 e. The van der Waals surface area contributed by atoms with Crippen LogP contribution in [0.3, 0.4) is 0 Å². The van der Waals surface area contributed by atoms with Crippen molar-refractivity contribution in [1.29, 1.82) is 0 Å². The molecule has 172 valence electrons. The summed E-state index contributed by atoms with van der Waals surface area (Å²) in [6.07, 6.45) is 1.70. The number of hydrogen-bond donors (Lipinski definition) is 4. The van der Waals surface area contributed by atoms with Crippen molar-refractivity contribution in [2.45, 2.75) is 32.7 Å². The minimum Gasteiger partial charge on any atom is -0.505 e. The molecule has 0 aliphatic carbocycles. The quantitative estimate of drug-likeness (QED) is 0.439. The highest BCUT2D eigenvalue weighted by molar-refractivity contribution is 5.91. The van der Waals surface area contributed by atoms with Gasteiger partial charge in [0.15, 0.2) is 5.69 Å². The number of urea groups is 1. The van der Waals surface area contributed by atoms with Gasteiger partial charge in [-0.25, -0.2) is 4.79 Å². The van der Waals surface area contributed by atoms with E-state index in [0.29, 0.717) is 12.0 Å². The van der Waals surface area contributed by atoms with Crippen molar-refractivity contribution in [3.05, 3.63) is 92.9 Å². The Morgan fingerprint density at radius 2 is 1.73 bits per heavy atom. The molecule has 1 atom stereocenters. The van der Waals surface area contributed by atoms with Crippen molar-refractivity contribution in [3.8, 4) is 5.75 Å². The number of pyridine rings is 1. The number of nitrogens with one attached hydrogen (secondary N) is 2. The molecule has 4 N–H and O–H groups in total. The van der Waals surface area contributed by atoms with E-state index in [1.807, 2.05) is 24.3 Å². The van der Waals surface area contributed by atoms with Crippen LogP contribution in [-0.4, -0.2) is 26.8 Å². The number of carboxylic acids is 1. The lowest BCUT2D eigenvalue weighted by atomic mass is 9.94. The Balaban J connectivity index is 1.84. The molecule has 0 aliphatic rings. The van der Waals surface area contributed by atoms with Crippen LogP contribution >= 0.6 is 0 Å². The third-order valence-corrected chi connectivity index (χ3v) is 5.55. The zero-order valence-electron chi connectivity index (χ0n) is 18.8. The Hall–Kier alpha value is -4.07. The minimum absolute atomic E-state index is 0.282. The number of carbonyl (C=O) groups excluding carboxylic acids is 1. The van der Waals surface area contributed by atoms with Gasteiger partial charge >= 0.3 is 12.0 Å². The second-order valence-corrected chi connectivity index (χ2v) is 8.03. The first-order chi connectivity index (χ1) is 15.7. The molecular weight excluding hydrogens is 422 g/mol. The van der Waals surface area contributed by atoms with E-state index < -0.39 is 23.6 Å². The monoisotopic (exact) mass is 449 g/mol. The molecule has 0 unspecified atom stereocenters. The van der Waals surface area contributed by atoms with Crippen molar-refractivity contribution in [3.63, 3.8) is 0 Å². The van der Waals surface area contributed by atoms with Gasteiger partial charge in [-0.05, 0) is 54.2 Å². The molecule has 0 fully saturated rings. The summed E-state index contributed by atoms with van der Waals surface area (Å²) in [6, 6.07) is 13.2. The number of anilines is 1. The third kappa shape index (κ3) is 5.79. The molecule has 0 spiro atoms. The van der Waals surface area contributed by atoms with Gasteiger partial charge in [-0.2, -0.15) is 0 Å². The second-order valence-electron chi connectivity index (χ2n) is 8.03. The number of aryl methyl sites for hydroxylation is 3. The standard InChI is InChI=1S/C25H27N3O5/c1-15-6-4-7-16(2)19(15)13-17-8-5-9-18(12-17)20(14-22(30)31)26-25(33)27-23-21(29)10-11-28(3)24(23)32/h4-12,20,29H,13-14H2,1-3H3,(H,30,31)(H2,26,27,33)/t20-/m0/s1. The van der Waals surface area contributed by atoms with Crippen molar-refractivity contribution < 1.29 is 19.8 Å². The topological polar surface area (TPSA) is 121 Å². The van der Waals surface area contributed by atoms with Crippen molar-refractivity contribution in [2.24, 2.45) is 7.05 Å². The van der Waals surface area contributed by atoms with Crippen LogP contribution in [0.5, 0.6) is 5.75 Å². The Bertz CT molecular complexity index is 1230. The number of hydrogen-bond acceptors (Lipinski definition) is 4. The molecule has 0 radical (unpaired) electrons. The maximum atomic E-state index is 12.6. The van der Waals surface area contributed by atoms with E-state index in [9.17, 15) is 24.6 Å². The number of benzene rings is 2. The molecule has 0 aliphatic heterocycles. The van der Waals surface area contributed by atoms with Gasteiger partial charge in [0.1, 0.15) is 5.75 Å². The lowest BCUT2D eigenvalue weighted by molar-refractivity contribution is -0.137. The summed E-state index contributed by atoms with van der Waals surface area (Å²) in [5.41, 5.74) is 4.28. The molecule has 1 aromatic heterocycles. The Kier molecular flexibility index (Phi) is 7.17. The first-order valence-electron chi connectivity index (χ1n) is 10.5. The molecule has 8 nitrogen and oxygen atoms in total. The number of aromatic hydroxyl groups is 1. The summed E-state index contributed by atoms with van der Waals surface area (Å²) in [7, 11) is 1.49. The number of carbonyl (C=O) groups is 2. The Morgan fingerprint density at radius 1 is 1.06 bits per heavy atom. The van der Waals surface area contributed by atoms with E-state index in [-0.39, 0.29) is 17.9 Å². The summed E-state index contributed by atoms with van der Waals surface area (Å²) in [6.45, 7) is 4.10. The fourth-order valence-electron chi connectivity index (χ4n) is 3.72. The van der Waals surface area contributed by atoms with E-state index >= 15 is 0 Å². The molecule has 1 heterocycles. The molecule has 2 amide bonds. The molecule has 3 aromatic rings. The summed E-state index contributed by atoms with van der Waals surface area (Å²) < 4.78 is 1.21. The molecule has 3 rings (SSSR count). The third-order valence-electron chi connectivity index (χ3n) is 5.55. The molecule has 2 aromatic carbocycles. The number of amides is 2. The maximum absolute atomic E-state index is 12.6. The van der Waals surface area contributed by atoms with Gasteiger partial charge in [-0.1, -0.05) is 42.5 Å². The zero-order valence-corrected chi connectivity index (χ0v) is 18.8. The molecule has 33 heavy (non-hydrogen) atoms. The summed E-state index contributed by atoms with van der Waals surface area (Å²) in [5.74, 6) is -1.46. The van der Waals surface area contributed by atoms with Gasteiger partial charge in [0.05, 0.1) is 12.5 Å². The van der Waals surface area contributed by atoms with Gasteiger partial charge in [0, 0.05) is 13.2 Å². The van der Waals surface area contributed by atoms with E-state index in [1.54, 1.807) is 6.07 Å². The average molecular weight is 450 g/mol. The number of carboxylic acid groups (broad SMARTS) is 1. The van der Waals surface area contributed by atoms with E-state index in [4.69, 9.17) is 0 Å². The fraction of sp³-hybridized carbons (Fsp3) is 0.240. The second kappa shape index (κ2) is 10.0. The number of aromatic nitrogens is 1. The van der Waals surface area contributed by atoms with Crippen LogP contribution in [0.25, 0.3) is 0 Å². The van der Waals surface area contributed by atoms with Gasteiger partial charge < -0.3 is 25.4 Å². The van der Waals surface area contributed by atoms with Crippen LogP contribution in [-0.2, 0) is 18.3 Å². The minimum atomic E-state index is -1.08. The number of aliphatic carboxylic acids is 1. The zero-order chi connectivity index (χ0) is 24.1. The van der Waals surface area contributed by atoms with Crippen molar-refractivity contribution in [1.82, 2.24) is 9.88 Å². The summed E-state index contributed by atoms with van der Waals surface area (Å²) in [5, 5.41) is 24.3. The number of nitrogens with zero attached hydrogens (tertiary/aromatic N) is 1. The molecule has 0 saturated heterocycles. The van der Waals surface area contributed by atoms with Crippen LogP contribution in [0.1, 0.15) is 40.3 Å². The SMILES string of the molecule is Cc1cccc(C)c1Cc1cccc([C@H](CC(=O)O)NC(=O)Nc2c(O)ccn(C)c2=O)c1. The lowest BCUT2D eigenvalue weighted by Crippen LogP contribution is -2.36.